The molecule has 2 aliphatic heterocycles. The van der Waals surface area contributed by atoms with Gasteiger partial charge < -0.3 is 14.2 Å². The van der Waals surface area contributed by atoms with Gasteiger partial charge in [-0.05, 0) is 50.1 Å². The van der Waals surface area contributed by atoms with Crippen LogP contribution in [0.5, 0.6) is 0 Å². The predicted molar refractivity (Wildman–Crippen MR) is 98.3 cm³/mol. The van der Waals surface area contributed by atoms with E-state index in [1.807, 2.05) is 22.6 Å². The molecular formula is C20H26FN3O2. The minimum Gasteiger partial charge on any atom is -0.378 e. The highest BCUT2D eigenvalue weighted by molar-refractivity contribution is 5.87. The van der Waals surface area contributed by atoms with Crippen LogP contribution in [0.2, 0.25) is 0 Å². The first-order chi connectivity index (χ1) is 12.5. The van der Waals surface area contributed by atoms with Gasteiger partial charge in [0, 0.05) is 43.8 Å². The molecule has 1 aromatic heterocycles. The molecule has 0 N–H and O–H groups in total. The van der Waals surface area contributed by atoms with Crippen LogP contribution in [0.1, 0.15) is 25.3 Å². The van der Waals surface area contributed by atoms with Crippen molar-refractivity contribution in [2.24, 2.45) is 7.05 Å². The molecule has 0 bridgehead atoms. The highest BCUT2D eigenvalue weighted by Crippen LogP contribution is 2.34. The third kappa shape index (κ3) is 2.91. The highest BCUT2D eigenvalue weighted by atomic mass is 19.1. The fraction of sp³-hybridized carbons (Fsp3) is 0.550. The Balaban J connectivity index is 1.61. The van der Waals surface area contributed by atoms with Crippen molar-refractivity contribution in [1.29, 1.82) is 0 Å². The van der Waals surface area contributed by atoms with Gasteiger partial charge in [0.25, 0.3) is 0 Å². The van der Waals surface area contributed by atoms with Crippen molar-refractivity contribution in [3.63, 3.8) is 0 Å². The fourth-order valence-electron chi connectivity index (χ4n) is 4.40. The number of halogens is 1. The zero-order valence-corrected chi connectivity index (χ0v) is 15.5. The number of aryl methyl sites for hydroxylation is 1. The summed E-state index contributed by atoms with van der Waals surface area (Å²) in [5.41, 5.74) is 1.60. The molecule has 6 heteroatoms. The first-order valence-corrected chi connectivity index (χ1v) is 9.35. The summed E-state index contributed by atoms with van der Waals surface area (Å²) in [5.74, 6) is -0.0248. The van der Waals surface area contributed by atoms with Crippen LogP contribution in [-0.2, 0) is 23.1 Å². The van der Waals surface area contributed by atoms with Gasteiger partial charge in [-0.1, -0.05) is 0 Å². The Hall–Kier alpha value is -1.92. The molecule has 2 aliphatic rings. The van der Waals surface area contributed by atoms with E-state index in [1.165, 1.54) is 6.07 Å². The van der Waals surface area contributed by atoms with E-state index >= 15 is 0 Å². The van der Waals surface area contributed by atoms with Crippen LogP contribution in [0.25, 0.3) is 10.9 Å². The summed E-state index contributed by atoms with van der Waals surface area (Å²) in [5, 5.41) is 0.931. The number of morpholine rings is 1. The number of carbonyl (C=O) groups excluding carboxylic acids is 1. The van der Waals surface area contributed by atoms with Crippen LogP contribution < -0.4 is 0 Å². The maximum atomic E-state index is 13.8. The Morgan fingerprint density at radius 3 is 2.81 bits per heavy atom. The maximum absolute atomic E-state index is 13.8. The van der Waals surface area contributed by atoms with Gasteiger partial charge in [-0.3, -0.25) is 9.69 Å². The number of benzene rings is 1. The van der Waals surface area contributed by atoms with Gasteiger partial charge in [-0.2, -0.15) is 0 Å². The summed E-state index contributed by atoms with van der Waals surface area (Å²) >= 11 is 0. The Labute approximate surface area is 153 Å². The Kier molecular flexibility index (Phi) is 4.49. The minimum absolute atomic E-state index is 0.199. The largest absolute Gasteiger partial charge is 0.378 e. The van der Waals surface area contributed by atoms with E-state index < -0.39 is 5.54 Å². The second kappa shape index (κ2) is 6.67. The van der Waals surface area contributed by atoms with E-state index in [-0.39, 0.29) is 11.7 Å². The first-order valence-electron chi connectivity index (χ1n) is 9.35. The van der Waals surface area contributed by atoms with Gasteiger partial charge in [-0.25, -0.2) is 4.39 Å². The fourth-order valence-corrected chi connectivity index (χ4v) is 4.40. The average molecular weight is 359 g/mol. The maximum Gasteiger partial charge on any atom is 0.242 e. The van der Waals surface area contributed by atoms with E-state index in [9.17, 15) is 9.18 Å². The van der Waals surface area contributed by atoms with Crippen molar-refractivity contribution >= 4 is 16.8 Å². The summed E-state index contributed by atoms with van der Waals surface area (Å²) in [4.78, 5) is 17.4. The normalized spacial score (nSPS) is 24.5. The van der Waals surface area contributed by atoms with E-state index in [0.29, 0.717) is 32.8 Å². The molecule has 2 fully saturated rings. The number of aromatic nitrogens is 1. The van der Waals surface area contributed by atoms with Crippen LogP contribution >= 0.6 is 0 Å². The highest BCUT2D eigenvalue weighted by Gasteiger charge is 2.45. The smallest absolute Gasteiger partial charge is 0.242 e. The van der Waals surface area contributed by atoms with Crippen LogP contribution in [-0.4, -0.2) is 58.7 Å². The van der Waals surface area contributed by atoms with E-state index in [4.69, 9.17) is 4.74 Å². The average Bonchev–Trinajstić information content (AvgIpc) is 3.16. The van der Waals surface area contributed by atoms with Gasteiger partial charge >= 0.3 is 0 Å². The Bertz CT molecular complexity index is 828. The SMILES string of the molecule is Cn1cc(CN2CCC[C@]2(C)C(=O)N2CCOCC2)c2cc(F)ccc21. The Morgan fingerprint density at radius 2 is 2.04 bits per heavy atom. The number of nitrogens with zero attached hydrogens (tertiary/aromatic N) is 3. The molecule has 0 aliphatic carbocycles. The summed E-state index contributed by atoms with van der Waals surface area (Å²) in [6, 6.07) is 4.91. The number of rotatable bonds is 3. The number of carbonyl (C=O) groups is 1. The van der Waals surface area contributed by atoms with Gasteiger partial charge in [0.05, 0.1) is 18.8 Å². The zero-order valence-electron chi connectivity index (χ0n) is 15.5. The Morgan fingerprint density at radius 1 is 1.27 bits per heavy atom. The molecular weight excluding hydrogens is 333 g/mol. The number of hydrogen-bond acceptors (Lipinski definition) is 3. The van der Waals surface area contributed by atoms with Crippen molar-refractivity contribution < 1.29 is 13.9 Å². The lowest BCUT2D eigenvalue weighted by atomic mass is 9.96. The predicted octanol–water partition coefficient (Wildman–Crippen LogP) is 2.53. The topological polar surface area (TPSA) is 37.7 Å². The number of likely N-dealkylation sites (tertiary alicyclic amines) is 1. The van der Waals surface area contributed by atoms with Crippen LogP contribution in [0.4, 0.5) is 4.39 Å². The molecule has 140 valence electrons. The monoisotopic (exact) mass is 359 g/mol. The molecule has 2 aromatic rings. The lowest BCUT2D eigenvalue weighted by molar-refractivity contribution is -0.146. The van der Waals surface area contributed by atoms with Crippen molar-refractivity contribution in [3.05, 3.63) is 35.8 Å². The van der Waals surface area contributed by atoms with Crippen molar-refractivity contribution in [1.82, 2.24) is 14.4 Å². The molecule has 1 amide bonds. The van der Waals surface area contributed by atoms with E-state index in [1.54, 1.807) is 6.07 Å². The molecule has 1 aromatic carbocycles. The third-order valence-electron chi connectivity index (χ3n) is 5.94. The molecule has 26 heavy (non-hydrogen) atoms. The van der Waals surface area contributed by atoms with Gasteiger partial charge in [0.1, 0.15) is 5.82 Å². The molecule has 4 rings (SSSR count). The summed E-state index contributed by atoms with van der Waals surface area (Å²) in [6.45, 7) is 6.17. The standard InChI is InChI=1S/C20H26FN3O2/c1-20(19(25)23-8-10-26-11-9-23)6-3-7-24(20)14-15-13-22(2)18-5-4-16(21)12-17(15)18/h4-5,12-13H,3,6-11,14H2,1-2H3/t20-/m1/s1. The second-order valence-electron chi connectivity index (χ2n) is 7.63. The molecule has 0 radical (unpaired) electrons. The second-order valence-corrected chi connectivity index (χ2v) is 7.63. The number of amides is 1. The molecule has 0 spiro atoms. The molecule has 0 unspecified atom stereocenters. The number of fused-ring (bicyclic) bond motifs is 1. The first kappa shape index (κ1) is 17.5. The summed E-state index contributed by atoms with van der Waals surface area (Å²) < 4.78 is 21.2. The van der Waals surface area contributed by atoms with Gasteiger partial charge in [-0.15, -0.1) is 0 Å². The molecule has 0 saturated carbocycles. The third-order valence-corrected chi connectivity index (χ3v) is 5.94. The molecule has 1 atom stereocenters. The van der Waals surface area contributed by atoms with Crippen LogP contribution in [0, 0.1) is 5.82 Å². The van der Waals surface area contributed by atoms with Gasteiger partial charge in [0.15, 0.2) is 0 Å². The van der Waals surface area contributed by atoms with Crippen LogP contribution in [0.3, 0.4) is 0 Å². The lowest BCUT2D eigenvalue weighted by Crippen LogP contribution is -2.56. The molecule has 3 heterocycles. The quantitative estimate of drug-likeness (QED) is 0.845. The van der Waals surface area contributed by atoms with Crippen molar-refractivity contribution in [3.8, 4) is 0 Å². The zero-order chi connectivity index (χ0) is 18.3. The van der Waals surface area contributed by atoms with Gasteiger partial charge in [0.2, 0.25) is 5.91 Å². The number of hydrogen-bond donors (Lipinski definition) is 0. The lowest BCUT2D eigenvalue weighted by Gasteiger charge is -2.39. The number of ether oxygens (including phenoxy) is 1. The van der Waals surface area contributed by atoms with Crippen molar-refractivity contribution in [2.75, 3.05) is 32.8 Å². The summed E-state index contributed by atoms with van der Waals surface area (Å²) in [6.07, 6.45) is 3.93. The minimum atomic E-state index is -0.493. The van der Waals surface area contributed by atoms with E-state index in [0.717, 1.165) is 35.9 Å². The molecule has 5 nitrogen and oxygen atoms in total. The molecule has 2 saturated heterocycles. The van der Waals surface area contributed by atoms with Crippen molar-refractivity contribution in [2.45, 2.75) is 31.8 Å². The van der Waals surface area contributed by atoms with E-state index in [2.05, 4.69) is 18.0 Å². The summed E-state index contributed by atoms with van der Waals surface area (Å²) in [7, 11) is 1.98. The van der Waals surface area contributed by atoms with Crippen LogP contribution in [0.15, 0.2) is 24.4 Å².